The van der Waals surface area contributed by atoms with E-state index in [1.165, 1.54) is 6.33 Å². The maximum absolute atomic E-state index is 8.92. The first-order valence-electron chi connectivity index (χ1n) is 6.14. The van der Waals surface area contributed by atoms with Gasteiger partial charge in [-0.15, -0.1) is 0 Å². The second kappa shape index (κ2) is 5.99. The highest BCUT2D eigenvalue weighted by Crippen LogP contribution is 2.22. The Morgan fingerprint density at radius 1 is 1.40 bits per heavy atom. The van der Waals surface area contributed by atoms with Crippen LogP contribution >= 0.6 is 0 Å². The summed E-state index contributed by atoms with van der Waals surface area (Å²) in [7, 11) is 1.94. The number of nitrogens with zero attached hydrogens (tertiary/aromatic N) is 4. The molecule has 0 aliphatic carbocycles. The number of hydrogen-bond donors (Lipinski definition) is 2. The van der Waals surface area contributed by atoms with E-state index < -0.39 is 0 Å². The third kappa shape index (κ3) is 2.84. The summed E-state index contributed by atoms with van der Waals surface area (Å²) in [6.07, 6.45) is 1.47. The van der Waals surface area contributed by atoms with Crippen LogP contribution in [0.2, 0.25) is 0 Å². The molecule has 6 heteroatoms. The quantitative estimate of drug-likeness (QED) is 0.646. The molecule has 1 aromatic heterocycles. The number of hydrogen-bond acceptors (Lipinski definition) is 6. The van der Waals surface area contributed by atoms with Crippen LogP contribution in [0.3, 0.4) is 0 Å². The van der Waals surface area contributed by atoms with Crippen molar-refractivity contribution in [2.75, 3.05) is 17.4 Å². The summed E-state index contributed by atoms with van der Waals surface area (Å²) in [4.78, 5) is 10.3. The van der Waals surface area contributed by atoms with Crippen molar-refractivity contribution >= 4 is 11.6 Å². The highest BCUT2D eigenvalue weighted by molar-refractivity contribution is 5.57. The topological polar surface area (TPSA) is 90.9 Å². The van der Waals surface area contributed by atoms with Gasteiger partial charge in [0.2, 0.25) is 0 Å². The Kier molecular flexibility index (Phi) is 4.13. The average molecular weight is 268 g/mol. The smallest absolute Gasteiger partial charge is 0.148 e. The molecular formula is C14H16N6. The van der Waals surface area contributed by atoms with E-state index in [0.29, 0.717) is 17.9 Å². The van der Waals surface area contributed by atoms with E-state index in [4.69, 9.17) is 11.1 Å². The minimum atomic E-state index is 0.604. The van der Waals surface area contributed by atoms with Gasteiger partial charge in [0.25, 0.3) is 0 Å². The van der Waals surface area contributed by atoms with Gasteiger partial charge in [0.1, 0.15) is 18.0 Å². The van der Waals surface area contributed by atoms with Gasteiger partial charge in [0.05, 0.1) is 11.6 Å². The summed E-state index contributed by atoms with van der Waals surface area (Å²) in [6.45, 7) is 2.56. The molecule has 0 spiro atoms. The first-order chi connectivity index (χ1) is 9.65. The normalized spacial score (nSPS) is 9.90. The Hall–Kier alpha value is -2.65. The van der Waals surface area contributed by atoms with Gasteiger partial charge >= 0.3 is 0 Å². The van der Waals surface area contributed by atoms with Gasteiger partial charge in [0, 0.05) is 19.2 Å². The van der Waals surface area contributed by atoms with Crippen molar-refractivity contribution in [2.24, 2.45) is 5.84 Å². The summed E-state index contributed by atoms with van der Waals surface area (Å²) in [5, 5.41) is 8.92. The summed E-state index contributed by atoms with van der Waals surface area (Å²) in [6, 6.07) is 9.66. The van der Waals surface area contributed by atoms with Crippen molar-refractivity contribution in [1.29, 1.82) is 5.26 Å². The Morgan fingerprint density at radius 3 is 2.90 bits per heavy atom. The van der Waals surface area contributed by atoms with Crippen LogP contribution in [-0.2, 0) is 6.54 Å². The van der Waals surface area contributed by atoms with Gasteiger partial charge in [0.15, 0.2) is 0 Å². The van der Waals surface area contributed by atoms with E-state index in [9.17, 15) is 0 Å². The van der Waals surface area contributed by atoms with Crippen LogP contribution in [-0.4, -0.2) is 17.0 Å². The van der Waals surface area contributed by atoms with Crippen molar-refractivity contribution in [2.45, 2.75) is 13.5 Å². The zero-order valence-corrected chi connectivity index (χ0v) is 11.5. The molecule has 0 saturated carbocycles. The predicted molar refractivity (Wildman–Crippen MR) is 77.8 cm³/mol. The number of nitrogen functional groups attached to an aromatic ring is 1. The number of rotatable bonds is 4. The second-order valence-electron chi connectivity index (χ2n) is 4.48. The molecule has 0 unspecified atom stereocenters. The lowest BCUT2D eigenvalue weighted by molar-refractivity contribution is 0.881. The molecule has 0 saturated heterocycles. The highest BCUT2D eigenvalue weighted by Gasteiger charge is 2.11. The third-order valence-corrected chi connectivity index (χ3v) is 3.03. The average Bonchev–Trinajstić information content (AvgIpc) is 2.47. The standard InChI is InChI=1S/C14H16N6/c1-10-13(19-16)17-9-18-14(10)20(2)8-12-5-3-4-11(6-12)7-15/h3-6,9H,8,16H2,1-2H3,(H,17,18,19). The zero-order valence-electron chi connectivity index (χ0n) is 11.5. The Labute approximate surface area is 117 Å². The van der Waals surface area contributed by atoms with E-state index in [0.717, 1.165) is 16.9 Å². The lowest BCUT2D eigenvalue weighted by atomic mass is 10.1. The summed E-state index contributed by atoms with van der Waals surface area (Å²) < 4.78 is 0. The van der Waals surface area contributed by atoms with Crippen molar-refractivity contribution in [1.82, 2.24) is 9.97 Å². The molecule has 0 fully saturated rings. The predicted octanol–water partition coefficient (Wildman–Crippen LogP) is 1.58. The summed E-state index contributed by atoms with van der Waals surface area (Å²) in [5.74, 6) is 6.82. The number of nitriles is 1. The molecule has 1 aromatic carbocycles. The Balaban J connectivity index is 2.24. The van der Waals surface area contributed by atoms with Crippen LogP contribution in [0.5, 0.6) is 0 Å². The Bertz CT molecular complexity index is 646. The lowest BCUT2D eigenvalue weighted by Gasteiger charge is -2.21. The molecule has 6 nitrogen and oxygen atoms in total. The van der Waals surface area contributed by atoms with Crippen LogP contribution < -0.4 is 16.2 Å². The van der Waals surface area contributed by atoms with E-state index in [-0.39, 0.29) is 0 Å². The fourth-order valence-electron chi connectivity index (χ4n) is 2.06. The number of hydrazine groups is 1. The van der Waals surface area contributed by atoms with Gasteiger partial charge in [-0.25, -0.2) is 15.8 Å². The summed E-state index contributed by atoms with van der Waals surface area (Å²) >= 11 is 0. The number of nitrogens with one attached hydrogen (secondary N) is 1. The van der Waals surface area contributed by atoms with E-state index in [1.54, 1.807) is 6.07 Å². The molecule has 20 heavy (non-hydrogen) atoms. The van der Waals surface area contributed by atoms with Crippen LogP contribution in [0, 0.1) is 18.3 Å². The molecule has 0 amide bonds. The van der Waals surface area contributed by atoms with Gasteiger partial charge in [-0.05, 0) is 24.6 Å². The third-order valence-electron chi connectivity index (χ3n) is 3.03. The molecule has 0 atom stereocenters. The number of nitrogens with two attached hydrogens (primary N) is 1. The molecule has 1 heterocycles. The monoisotopic (exact) mass is 268 g/mol. The highest BCUT2D eigenvalue weighted by atomic mass is 15.3. The second-order valence-corrected chi connectivity index (χ2v) is 4.48. The van der Waals surface area contributed by atoms with Crippen LogP contribution in [0.1, 0.15) is 16.7 Å². The van der Waals surface area contributed by atoms with E-state index in [1.807, 2.05) is 37.1 Å². The number of aromatic nitrogens is 2. The minimum absolute atomic E-state index is 0.604. The molecule has 2 aromatic rings. The van der Waals surface area contributed by atoms with Crippen molar-refractivity contribution in [3.63, 3.8) is 0 Å². The van der Waals surface area contributed by atoms with Crippen LogP contribution in [0.15, 0.2) is 30.6 Å². The molecular weight excluding hydrogens is 252 g/mol. The number of benzene rings is 1. The molecule has 2 rings (SSSR count). The van der Waals surface area contributed by atoms with Gasteiger partial charge < -0.3 is 10.3 Å². The summed E-state index contributed by atoms with van der Waals surface area (Å²) in [5.41, 5.74) is 5.14. The zero-order chi connectivity index (χ0) is 14.5. The first kappa shape index (κ1) is 13.8. The van der Waals surface area contributed by atoms with Crippen molar-refractivity contribution in [3.05, 3.63) is 47.3 Å². The minimum Gasteiger partial charge on any atom is -0.355 e. The van der Waals surface area contributed by atoms with E-state index in [2.05, 4.69) is 21.5 Å². The van der Waals surface area contributed by atoms with Crippen LogP contribution in [0.25, 0.3) is 0 Å². The van der Waals surface area contributed by atoms with Crippen LogP contribution in [0.4, 0.5) is 11.6 Å². The largest absolute Gasteiger partial charge is 0.355 e. The molecule has 102 valence electrons. The molecule has 0 radical (unpaired) electrons. The molecule has 0 bridgehead atoms. The van der Waals surface area contributed by atoms with Gasteiger partial charge in [-0.1, -0.05) is 12.1 Å². The molecule has 0 aliphatic heterocycles. The lowest BCUT2D eigenvalue weighted by Crippen LogP contribution is -2.20. The first-order valence-corrected chi connectivity index (χ1v) is 6.14. The SMILES string of the molecule is Cc1c(NN)ncnc1N(C)Cc1cccc(C#N)c1. The van der Waals surface area contributed by atoms with Gasteiger partial charge in [-0.3, -0.25) is 0 Å². The maximum Gasteiger partial charge on any atom is 0.148 e. The van der Waals surface area contributed by atoms with Crippen molar-refractivity contribution < 1.29 is 0 Å². The fraction of sp³-hybridized carbons (Fsp3) is 0.214. The number of anilines is 2. The van der Waals surface area contributed by atoms with E-state index >= 15 is 0 Å². The molecule has 3 N–H and O–H groups in total. The van der Waals surface area contributed by atoms with Gasteiger partial charge in [-0.2, -0.15) is 5.26 Å². The molecule has 0 aliphatic rings. The fourth-order valence-corrected chi connectivity index (χ4v) is 2.06. The Morgan fingerprint density at radius 2 is 2.20 bits per heavy atom. The maximum atomic E-state index is 8.92. The van der Waals surface area contributed by atoms with Crippen molar-refractivity contribution in [3.8, 4) is 6.07 Å².